The van der Waals surface area contributed by atoms with Crippen molar-refractivity contribution in [3.05, 3.63) is 42.5 Å². The third-order valence-corrected chi connectivity index (χ3v) is 4.83. The minimum atomic E-state index is -0.0622. The van der Waals surface area contributed by atoms with Crippen molar-refractivity contribution in [2.75, 3.05) is 18.5 Å². The maximum Gasteiger partial charge on any atom is 0.232 e. The average molecular weight is 364 g/mol. The number of aryl methyl sites for hydroxylation is 1. The minimum Gasteiger partial charge on any atom is -0.490 e. The van der Waals surface area contributed by atoms with E-state index in [9.17, 15) is 4.79 Å². The molecule has 1 amide bonds. The smallest absolute Gasteiger partial charge is 0.232 e. The molecule has 3 aromatic rings. The fourth-order valence-corrected chi connectivity index (χ4v) is 3.03. The van der Waals surface area contributed by atoms with Crippen LogP contribution in [0.4, 0.5) is 5.69 Å². The van der Waals surface area contributed by atoms with Crippen LogP contribution in [0.2, 0.25) is 0 Å². The lowest BCUT2D eigenvalue weighted by molar-refractivity contribution is -0.133. The Morgan fingerprint density at radius 3 is 2.81 bits per heavy atom. The maximum atomic E-state index is 12.2. The molecule has 7 nitrogen and oxygen atoms in total. The van der Waals surface area contributed by atoms with Crippen LogP contribution in [0.25, 0.3) is 16.7 Å². The molecular formula is C20H20N4O3. The highest BCUT2D eigenvalue weighted by Gasteiger charge is 2.27. The zero-order valence-corrected chi connectivity index (χ0v) is 15.0. The average Bonchev–Trinajstić information content (AvgIpc) is 3.31. The Kier molecular flexibility index (Phi) is 3.82. The second-order valence-electron chi connectivity index (χ2n) is 7.17. The van der Waals surface area contributed by atoms with E-state index >= 15 is 0 Å². The summed E-state index contributed by atoms with van der Waals surface area (Å²) in [5, 5.41) is 3.86. The van der Waals surface area contributed by atoms with Crippen molar-refractivity contribution in [3.63, 3.8) is 0 Å². The van der Waals surface area contributed by atoms with Gasteiger partial charge in [-0.05, 0) is 38.0 Å². The van der Waals surface area contributed by atoms with E-state index in [-0.39, 0.29) is 17.9 Å². The summed E-state index contributed by atoms with van der Waals surface area (Å²) >= 11 is 0. The van der Waals surface area contributed by atoms with E-state index in [0.29, 0.717) is 13.2 Å². The largest absolute Gasteiger partial charge is 0.490 e. The number of imidazole rings is 1. The van der Waals surface area contributed by atoms with Crippen LogP contribution < -0.4 is 10.1 Å². The van der Waals surface area contributed by atoms with Gasteiger partial charge in [0.25, 0.3) is 0 Å². The number of benzene rings is 1. The molecule has 2 aliphatic rings. The fraction of sp³-hybridized carbons (Fsp3) is 0.350. The summed E-state index contributed by atoms with van der Waals surface area (Å²) in [7, 11) is 0. The number of fused-ring (bicyclic) bond motifs is 1. The first-order valence-electron chi connectivity index (χ1n) is 9.17. The Labute approximate surface area is 156 Å². The van der Waals surface area contributed by atoms with Crippen LogP contribution in [-0.2, 0) is 9.53 Å². The molecule has 0 unspecified atom stereocenters. The molecule has 0 spiro atoms. The molecule has 0 atom stereocenters. The predicted octanol–water partition coefficient (Wildman–Crippen LogP) is 2.86. The highest BCUT2D eigenvalue weighted by Crippen LogP contribution is 2.34. The second kappa shape index (κ2) is 6.35. The number of amides is 1. The summed E-state index contributed by atoms with van der Waals surface area (Å²) in [6.45, 7) is 2.93. The first-order chi connectivity index (χ1) is 13.2. The van der Waals surface area contributed by atoms with E-state index in [2.05, 4.69) is 10.3 Å². The number of pyridine rings is 1. The molecule has 0 bridgehead atoms. The van der Waals surface area contributed by atoms with E-state index in [1.807, 2.05) is 42.0 Å². The Hall–Kier alpha value is -2.93. The van der Waals surface area contributed by atoms with Gasteiger partial charge >= 0.3 is 0 Å². The number of rotatable bonds is 5. The molecule has 3 heterocycles. The van der Waals surface area contributed by atoms with Gasteiger partial charge in [0, 0.05) is 23.3 Å². The van der Waals surface area contributed by atoms with Crippen molar-refractivity contribution in [3.8, 4) is 11.6 Å². The standard InChI is InChI=1S/C20H20N4O3/c1-12-8-24(11-21-12)19-7-18(27-15-3-4-15)16-6-14(2-5-17(16)23-19)22-20(25)13-9-26-10-13/h2,5-8,11,13,15H,3-4,9-10H2,1H3,(H,22,25). The second-order valence-corrected chi connectivity index (χ2v) is 7.17. The van der Waals surface area contributed by atoms with E-state index in [4.69, 9.17) is 14.5 Å². The van der Waals surface area contributed by atoms with Crippen LogP contribution in [-0.4, -0.2) is 39.8 Å². The Balaban J connectivity index is 1.53. The molecule has 1 N–H and O–H groups in total. The normalized spacial score (nSPS) is 16.9. The van der Waals surface area contributed by atoms with Crippen LogP contribution in [0.5, 0.6) is 5.75 Å². The number of hydrogen-bond acceptors (Lipinski definition) is 5. The number of carbonyl (C=O) groups excluding carboxylic acids is 1. The first-order valence-corrected chi connectivity index (χ1v) is 9.17. The van der Waals surface area contributed by atoms with Gasteiger partial charge in [0.05, 0.1) is 36.4 Å². The van der Waals surface area contributed by atoms with Gasteiger partial charge in [-0.1, -0.05) is 0 Å². The van der Waals surface area contributed by atoms with Crippen molar-refractivity contribution < 1.29 is 14.3 Å². The van der Waals surface area contributed by atoms with E-state index in [1.165, 1.54) is 0 Å². The van der Waals surface area contributed by atoms with Gasteiger partial charge in [0.2, 0.25) is 5.91 Å². The van der Waals surface area contributed by atoms with Gasteiger partial charge in [0.15, 0.2) is 0 Å². The SMILES string of the molecule is Cc1cn(-c2cc(OC3CC3)c3cc(NC(=O)C4COC4)ccc3n2)cn1. The van der Waals surface area contributed by atoms with Gasteiger partial charge in [-0.2, -0.15) is 0 Å². The molecule has 1 aliphatic heterocycles. The highest BCUT2D eigenvalue weighted by molar-refractivity contribution is 5.96. The molecule has 2 fully saturated rings. The molecule has 7 heteroatoms. The molecule has 5 rings (SSSR count). The third kappa shape index (κ3) is 3.26. The summed E-state index contributed by atoms with van der Waals surface area (Å²) in [6.07, 6.45) is 6.09. The van der Waals surface area contributed by atoms with Crippen LogP contribution in [0.3, 0.4) is 0 Å². The van der Waals surface area contributed by atoms with Gasteiger partial charge in [-0.3, -0.25) is 9.36 Å². The highest BCUT2D eigenvalue weighted by atomic mass is 16.5. The molecule has 1 aliphatic carbocycles. The lowest BCUT2D eigenvalue weighted by Crippen LogP contribution is -2.38. The van der Waals surface area contributed by atoms with Gasteiger partial charge in [-0.25, -0.2) is 9.97 Å². The van der Waals surface area contributed by atoms with Crippen molar-refractivity contribution in [1.82, 2.24) is 14.5 Å². The summed E-state index contributed by atoms with van der Waals surface area (Å²) < 4.78 is 13.1. The monoisotopic (exact) mass is 364 g/mol. The quantitative estimate of drug-likeness (QED) is 0.753. The summed E-state index contributed by atoms with van der Waals surface area (Å²) in [5.74, 6) is 1.48. The molecule has 1 saturated heterocycles. The number of ether oxygens (including phenoxy) is 2. The summed E-state index contributed by atoms with van der Waals surface area (Å²) in [5.41, 5.74) is 2.49. The zero-order chi connectivity index (χ0) is 18.4. The Morgan fingerprint density at radius 2 is 2.15 bits per heavy atom. The van der Waals surface area contributed by atoms with E-state index < -0.39 is 0 Å². The van der Waals surface area contributed by atoms with Gasteiger partial charge in [0.1, 0.15) is 17.9 Å². The van der Waals surface area contributed by atoms with Crippen molar-refractivity contribution in [2.45, 2.75) is 25.9 Å². The topological polar surface area (TPSA) is 78.3 Å². The summed E-state index contributed by atoms with van der Waals surface area (Å²) in [6, 6.07) is 7.65. The minimum absolute atomic E-state index is 0.0104. The van der Waals surface area contributed by atoms with E-state index in [1.54, 1.807) is 6.33 Å². The molecule has 27 heavy (non-hydrogen) atoms. The molecule has 0 radical (unpaired) electrons. The number of aromatic nitrogens is 3. The Bertz CT molecular complexity index is 1020. The molecule has 138 valence electrons. The van der Waals surface area contributed by atoms with Crippen LogP contribution in [0, 0.1) is 12.8 Å². The van der Waals surface area contributed by atoms with Crippen molar-refractivity contribution in [2.24, 2.45) is 5.92 Å². The number of anilines is 1. The molecule has 2 aromatic heterocycles. The molecule has 1 saturated carbocycles. The van der Waals surface area contributed by atoms with Crippen molar-refractivity contribution >= 4 is 22.5 Å². The number of nitrogens with zero attached hydrogens (tertiary/aromatic N) is 3. The molecular weight excluding hydrogens is 344 g/mol. The number of carbonyl (C=O) groups is 1. The fourth-order valence-electron chi connectivity index (χ4n) is 3.03. The lowest BCUT2D eigenvalue weighted by Gasteiger charge is -2.24. The van der Waals surface area contributed by atoms with Gasteiger partial charge in [-0.15, -0.1) is 0 Å². The first kappa shape index (κ1) is 16.3. The lowest BCUT2D eigenvalue weighted by atomic mass is 10.1. The zero-order valence-electron chi connectivity index (χ0n) is 15.0. The van der Waals surface area contributed by atoms with Crippen LogP contribution in [0.15, 0.2) is 36.8 Å². The van der Waals surface area contributed by atoms with Crippen LogP contribution in [0.1, 0.15) is 18.5 Å². The summed E-state index contributed by atoms with van der Waals surface area (Å²) in [4.78, 5) is 21.2. The number of hydrogen-bond donors (Lipinski definition) is 1. The van der Waals surface area contributed by atoms with Gasteiger partial charge < -0.3 is 14.8 Å². The Morgan fingerprint density at radius 1 is 1.30 bits per heavy atom. The van der Waals surface area contributed by atoms with E-state index in [0.717, 1.165) is 46.7 Å². The molecule has 1 aromatic carbocycles. The maximum absolute atomic E-state index is 12.2. The number of nitrogens with one attached hydrogen (secondary N) is 1. The van der Waals surface area contributed by atoms with Crippen molar-refractivity contribution in [1.29, 1.82) is 0 Å². The van der Waals surface area contributed by atoms with Crippen LogP contribution >= 0.6 is 0 Å². The third-order valence-electron chi connectivity index (χ3n) is 4.83. The predicted molar refractivity (Wildman–Crippen MR) is 100 cm³/mol.